The van der Waals surface area contributed by atoms with Gasteiger partial charge in [-0.15, -0.1) is 0 Å². The van der Waals surface area contributed by atoms with Gasteiger partial charge in [-0.05, 0) is 13.3 Å². The van der Waals surface area contributed by atoms with Crippen LogP contribution in [0.2, 0.25) is 0 Å². The Kier molecular flexibility index (Phi) is 2.04. The summed E-state index contributed by atoms with van der Waals surface area (Å²) in [6, 6.07) is 0. The van der Waals surface area contributed by atoms with Gasteiger partial charge in [0.05, 0.1) is 11.9 Å². The van der Waals surface area contributed by atoms with Crippen LogP contribution in [-0.4, -0.2) is 9.78 Å². The van der Waals surface area contributed by atoms with Gasteiger partial charge < -0.3 is 0 Å². The number of halogens is 1. The number of rotatable bonds is 2. The van der Waals surface area contributed by atoms with Gasteiger partial charge in [-0.3, -0.25) is 4.68 Å². The van der Waals surface area contributed by atoms with Gasteiger partial charge in [0.25, 0.3) is 0 Å². The highest BCUT2D eigenvalue weighted by atomic mass is 19.1. The van der Waals surface area contributed by atoms with Gasteiger partial charge in [0, 0.05) is 6.54 Å². The maximum Gasteiger partial charge on any atom is 0.163 e. The standard InChI is InChI=1S/C7H11FN2/c1-3-4-10-5-7(8)6(2)9-10/h5H,3-4H2,1-2H3. The van der Waals surface area contributed by atoms with Crippen LogP contribution in [0.15, 0.2) is 6.20 Å². The lowest BCUT2D eigenvalue weighted by atomic mass is 10.5. The molecule has 0 aliphatic heterocycles. The van der Waals surface area contributed by atoms with Crippen LogP contribution in [-0.2, 0) is 6.54 Å². The first-order valence-electron chi connectivity index (χ1n) is 3.43. The fourth-order valence-electron chi connectivity index (χ4n) is 0.837. The first-order chi connectivity index (χ1) is 4.74. The predicted octanol–water partition coefficient (Wildman–Crippen LogP) is 1.74. The molecule has 1 rings (SSSR count). The quantitative estimate of drug-likeness (QED) is 0.615. The molecule has 10 heavy (non-hydrogen) atoms. The van der Waals surface area contributed by atoms with Crippen LogP contribution < -0.4 is 0 Å². The molecule has 0 radical (unpaired) electrons. The van der Waals surface area contributed by atoms with Gasteiger partial charge in [-0.2, -0.15) is 5.10 Å². The van der Waals surface area contributed by atoms with Crippen LogP contribution in [0.3, 0.4) is 0 Å². The van der Waals surface area contributed by atoms with Crippen molar-refractivity contribution in [2.24, 2.45) is 0 Å². The first-order valence-corrected chi connectivity index (χ1v) is 3.43. The Labute approximate surface area is 59.7 Å². The highest BCUT2D eigenvalue weighted by molar-refractivity contribution is 4.99. The Hall–Kier alpha value is -0.860. The molecule has 0 atom stereocenters. The maximum absolute atomic E-state index is 12.6. The van der Waals surface area contributed by atoms with Crippen LogP contribution in [0.1, 0.15) is 19.0 Å². The minimum atomic E-state index is -0.214. The van der Waals surface area contributed by atoms with Gasteiger partial charge in [0.1, 0.15) is 0 Å². The molecule has 1 heterocycles. The smallest absolute Gasteiger partial charge is 0.163 e. The third-order valence-corrected chi connectivity index (χ3v) is 1.34. The maximum atomic E-state index is 12.6. The third kappa shape index (κ3) is 1.35. The number of nitrogens with zero attached hydrogens (tertiary/aromatic N) is 2. The lowest BCUT2D eigenvalue weighted by Crippen LogP contribution is -1.96. The van der Waals surface area contributed by atoms with Gasteiger partial charge in [0.2, 0.25) is 0 Å². The molecule has 0 amide bonds. The molecule has 0 N–H and O–H groups in total. The van der Waals surface area contributed by atoms with Crippen molar-refractivity contribution in [1.29, 1.82) is 0 Å². The summed E-state index contributed by atoms with van der Waals surface area (Å²) in [5.41, 5.74) is 0.480. The van der Waals surface area contributed by atoms with E-state index in [1.54, 1.807) is 11.6 Å². The fraction of sp³-hybridized carbons (Fsp3) is 0.571. The molecule has 0 aliphatic carbocycles. The molecule has 0 saturated heterocycles. The van der Waals surface area contributed by atoms with E-state index in [0.717, 1.165) is 13.0 Å². The molecule has 0 aromatic carbocycles. The van der Waals surface area contributed by atoms with Crippen molar-refractivity contribution in [2.75, 3.05) is 0 Å². The van der Waals surface area contributed by atoms with Crippen LogP contribution in [0.5, 0.6) is 0 Å². The highest BCUT2D eigenvalue weighted by Gasteiger charge is 2.00. The van der Waals surface area contributed by atoms with Gasteiger partial charge in [0.15, 0.2) is 5.82 Å². The van der Waals surface area contributed by atoms with Crippen molar-refractivity contribution < 1.29 is 4.39 Å². The second-order valence-corrected chi connectivity index (χ2v) is 2.33. The summed E-state index contributed by atoms with van der Waals surface area (Å²) in [7, 11) is 0. The summed E-state index contributed by atoms with van der Waals surface area (Å²) in [5, 5.41) is 3.94. The summed E-state index contributed by atoms with van der Waals surface area (Å²) in [4.78, 5) is 0. The van der Waals surface area contributed by atoms with Crippen LogP contribution in [0.25, 0.3) is 0 Å². The zero-order valence-corrected chi connectivity index (χ0v) is 6.26. The minimum absolute atomic E-state index is 0.214. The van der Waals surface area contributed by atoms with E-state index in [0.29, 0.717) is 5.69 Å². The second kappa shape index (κ2) is 2.82. The molecule has 0 saturated carbocycles. The van der Waals surface area contributed by atoms with Crippen molar-refractivity contribution in [3.05, 3.63) is 17.7 Å². The normalized spacial score (nSPS) is 10.3. The Bertz CT molecular complexity index is 198. The second-order valence-electron chi connectivity index (χ2n) is 2.33. The molecule has 1 aromatic heterocycles. The van der Waals surface area contributed by atoms with Gasteiger partial charge >= 0.3 is 0 Å². The summed E-state index contributed by atoms with van der Waals surface area (Å²) in [6.45, 7) is 4.50. The molecule has 3 heteroatoms. The molecule has 0 spiro atoms. The molecular formula is C7H11FN2. The molecule has 0 fully saturated rings. The van der Waals surface area contributed by atoms with E-state index in [2.05, 4.69) is 5.10 Å². The van der Waals surface area contributed by atoms with Crippen LogP contribution >= 0.6 is 0 Å². The van der Waals surface area contributed by atoms with Crippen LogP contribution in [0, 0.1) is 12.7 Å². The summed E-state index contributed by atoms with van der Waals surface area (Å²) < 4.78 is 14.2. The Morgan fingerprint density at radius 3 is 2.80 bits per heavy atom. The monoisotopic (exact) mass is 142 g/mol. The van der Waals surface area contributed by atoms with E-state index in [1.807, 2.05) is 6.92 Å². The van der Waals surface area contributed by atoms with Gasteiger partial charge in [-0.25, -0.2) is 4.39 Å². The van der Waals surface area contributed by atoms with Gasteiger partial charge in [-0.1, -0.05) is 6.92 Å². The van der Waals surface area contributed by atoms with Crippen molar-refractivity contribution in [3.8, 4) is 0 Å². The third-order valence-electron chi connectivity index (χ3n) is 1.34. The van der Waals surface area contributed by atoms with Crippen molar-refractivity contribution in [3.63, 3.8) is 0 Å². The first kappa shape index (κ1) is 7.25. The highest BCUT2D eigenvalue weighted by Crippen LogP contribution is 2.01. The fourth-order valence-corrected chi connectivity index (χ4v) is 0.837. The number of aryl methyl sites for hydroxylation is 2. The van der Waals surface area contributed by atoms with E-state index in [9.17, 15) is 4.39 Å². The number of hydrogen-bond acceptors (Lipinski definition) is 1. The number of aromatic nitrogens is 2. The molecular weight excluding hydrogens is 131 g/mol. The Morgan fingerprint density at radius 1 is 1.70 bits per heavy atom. The zero-order valence-electron chi connectivity index (χ0n) is 6.26. The van der Waals surface area contributed by atoms with E-state index in [-0.39, 0.29) is 5.82 Å². The van der Waals surface area contributed by atoms with Crippen LogP contribution in [0.4, 0.5) is 4.39 Å². The Balaban J connectivity index is 2.77. The molecule has 1 aromatic rings. The zero-order chi connectivity index (χ0) is 7.56. The molecule has 0 bridgehead atoms. The van der Waals surface area contributed by atoms with Crippen molar-refractivity contribution in [2.45, 2.75) is 26.8 Å². The lowest BCUT2D eigenvalue weighted by Gasteiger charge is -1.93. The predicted molar refractivity (Wildman–Crippen MR) is 37.2 cm³/mol. The van der Waals surface area contributed by atoms with E-state index in [4.69, 9.17) is 0 Å². The van der Waals surface area contributed by atoms with Crippen molar-refractivity contribution in [1.82, 2.24) is 9.78 Å². The average Bonchev–Trinajstić information content (AvgIpc) is 2.14. The Morgan fingerprint density at radius 2 is 2.40 bits per heavy atom. The molecule has 0 aliphatic rings. The molecule has 0 unspecified atom stereocenters. The largest absolute Gasteiger partial charge is 0.269 e. The molecule has 2 nitrogen and oxygen atoms in total. The minimum Gasteiger partial charge on any atom is -0.269 e. The summed E-state index contributed by atoms with van der Waals surface area (Å²) >= 11 is 0. The van der Waals surface area contributed by atoms with Crippen molar-refractivity contribution >= 4 is 0 Å². The molecule has 56 valence electrons. The summed E-state index contributed by atoms with van der Waals surface area (Å²) in [6.07, 6.45) is 2.42. The lowest BCUT2D eigenvalue weighted by molar-refractivity contribution is 0.588. The van der Waals surface area contributed by atoms with E-state index >= 15 is 0 Å². The topological polar surface area (TPSA) is 17.8 Å². The number of hydrogen-bond donors (Lipinski definition) is 0. The average molecular weight is 142 g/mol. The van der Waals surface area contributed by atoms with E-state index < -0.39 is 0 Å². The summed E-state index contributed by atoms with van der Waals surface area (Å²) in [5.74, 6) is -0.214. The van der Waals surface area contributed by atoms with E-state index in [1.165, 1.54) is 6.20 Å². The SMILES string of the molecule is CCCn1cc(F)c(C)n1.